The summed E-state index contributed by atoms with van der Waals surface area (Å²) in [6, 6.07) is 0. The Labute approximate surface area is 77.4 Å². The van der Waals surface area contributed by atoms with Gasteiger partial charge in [0.2, 0.25) is 0 Å². The highest BCUT2D eigenvalue weighted by molar-refractivity contribution is 4.94. The van der Waals surface area contributed by atoms with E-state index in [1.165, 1.54) is 44.1 Å². The molecule has 0 spiro atoms. The smallest absolute Gasteiger partial charge is 0.0323 e. The number of unbranched alkanes of at least 4 members (excludes halogenated alkanes) is 4. The fourth-order valence-corrected chi connectivity index (χ4v) is 1.19. The second kappa shape index (κ2) is 8.58. The third-order valence-electron chi connectivity index (χ3n) is 2.22. The van der Waals surface area contributed by atoms with Gasteiger partial charge in [-0.1, -0.05) is 30.6 Å². The lowest BCUT2D eigenvalue weighted by Gasteiger charge is -2.00. The van der Waals surface area contributed by atoms with Gasteiger partial charge in [-0.15, -0.1) is 6.58 Å². The Morgan fingerprint density at radius 3 is 2.42 bits per heavy atom. The second-order valence-electron chi connectivity index (χ2n) is 3.38. The molecule has 0 unspecified atom stereocenters. The molecule has 0 saturated heterocycles. The standard InChI is InChI=1S/C12H22/c1-4-6-7-8-9-10-11-12(3)5-2/h4-5H,1,6-11H2,2-3H3. The average Bonchev–Trinajstić information content (AvgIpc) is 2.10. The molecule has 0 N–H and O–H groups in total. The van der Waals surface area contributed by atoms with Crippen LogP contribution >= 0.6 is 0 Å². The average molecular weight is 166 g/mol. The lowest BCUT2D eigenvalue weighted by molar-refractivity contribution is 0.644. The van der Waals surface area contributed by atoms with Crippen LogP contribution in [0.1, 0.15) is 52.4 Å². The van der Waals surface area contributed by atoms with Gasteiger partial charge < -0.3 is 0 Å². The molecule has 0 aliphatic rings. The monoisotopic (exact) mass is 166 g/mol. The van der Waals surface area contributed by atoms with Crippen LogP contribution in [0.4, 0.5) is 0 Å². The van der Waals surface area contributed by atoms with Gasteiger partial charge in [0.1, 0.15) is 0 Å². The van der Waals surface area contributed by atoms with Gasteiger partial charge in [0, 0.05) is 0 Å². The first kappa shape index (κ1) is 11.5. The first-order chi connectivity index (χ1) is 5.81. The van der Waals surface area contributed by atoms with Gasteiger partial charge in [0.25, 0.3) is 0 Å². The van der Waals surface area contributed by atoms with E-state index in [0.717, 1.165) is 0 Å². The van der Waals surface area contributed by atoms with E-state index in [0.29, 0.717) is 0 Å². The number of rotatable bonds is 7. The molecule has 0 nitrogen and oxygen atoms in total. The Bertz CT molecular complexity index is 131. The van der Waals surface area contributed by atoms with Crippen molar-refractivity contribution in [1.82, 2.24) is 0 Å². The van der Waals surface area contributed by atoms with Gasteiger partial charge in [-0.05, 0) is 39.5 Å². The van der Waals surface area contributed by atoms with E-state index in [-0.39, 0.29) is 0 Å². The minimum Gasteiger partial charge on any atom is -0.103 e. The van der Waals surface area contributed by atoms with E-state index in [2.05, 4.69) is 26.5 Å². The van der Waals surface area contributed by atoms with Crippen LogP contribution in [0.3, 0.4) is 0 Å². The molecular weight excluding hydrogens is 144 g/mol. The van der Waals surface area contributed by atoms with Crippen LogP contribution in [-0.4, -0.2) is 0 Å². The largest absolute Gasteiger partial charge is 0.103 e. The Morgan fingerprint density at radius 2 is 1.83 bits per heavy atom. The molecule has 0 radical (unpaired) electrons. The molecule has 0 bridgehead atoms. The number of hydrogen-bond donors (Lipinski definition) is 0. The molecule has 0 aliphatic carbocycles. The molecule has 0 atom stereocenters. The van der Waals surface area contributed by atoms with Crippen molar-refractivity contribution < 1.29 is 0 Å². The van der Waals surface area contributed by atoms with E-state index in [9.17, 15) is 0 Å². The third kappa shape index (κ3) is 7.59. The summed E-state index contributed by atoms with van der Waals surface area (Å²) in [4.78, 5) is 0. The predicted octanol–water partition coefficient (Wildman–Crippen LogP) is 4.48. The summed E-state index contributed by atoms with van der Waals surface area (Å²) in [7, 11) is 0. The molecule has 0 heteroatoms. The Morgan fingerprint density at radius 1 is 1.17 bits per heavy atom. The van der Waals surface area contributed by atoms with Crippen molar-refractivity contribution in [3.8, 4) is 0 Å². The van der Waals surface area contributed by atoms with Crippen LogP contribution in [0.25, 0.3) is 0 Å². The van der Waals surface area contributed by atoms with Crippen LogP contribution in [-0.2, 0) is 0 Å². The first-order valence-corrected chi connectivity index (χ1v) is 5.04. The fraction of sp³-hybridized carbons (Fsp3) is 0.667. The molecule has 0 amide bonds. The van der Waals surface area contributed by atoms with Crippen molar-refractivity contribution in [1.29, 1.82) is 0 Å². The third-order valence-corrected chi connectivity index (χ3v) is 2.22. The van der Waals surface area contributed by atoms with E-state index in [1.54, 1.807) is 0 Å². The van der Waals surface area contributed by atoms with Gasteiger partial charge in [-0.25, -0.2) is 0 Å². The molecule has 0 saturated carbocycles. The maximum atomic E-state index is 3.71. The highest BCUT2D eigenvalue weighted by Crippen LogP contribution is 2.10. The zero-order valence-corrected chi connectivity index (χ0v) is 8.60. The summed E-state index contributed by atoms with van der Waals surface area (Å²) < 4.78 is 0. The Kier molecular flexibility index (Phi) is 8.20. The molecule has 0 rings (SSSR count). The predicted molar refractivity (Wildman–Crippen MR) is 57.3 cm³/mol. The number of hydrogen-bond acceptors (Lipinski definition) is 0. The van der Waals surface area contributed by atoms with Crippen LogP contribution in [0.5, 0.6) is 0 Å². The van der Waals surface area contributed by atoms with Crippen molar-refractivity contribution in [3.63, 3.8) is 0 Å². The molecule has 70 valence electrons. The fourth-order valence-electron chi connectivity index (χ4n) is 1.19. The zero-order valence-electron chi connectivity index (χ0n) is 8.60. The Balaban J connectivity index is 3.05. The van der Waals surface area contributed by atoms with Crippen LogP contribution in [0.15, 0.2) is 24.3 Å². The topological polar surface area (TPSA) is 0 Å². The normalized spacial score (nSPS) is 11.7. The quantitative estimate of drug-likeness (QED) is 0.386. The summed E-state index contributed by atoms with van der Waals surface area (Å²) in [5, 5.41) is 0. The molecule has 0 aromatic carbocycles. The van der Waals surface area contributed by atoms with Gasteiger partial charge in [-0.3, -0.25) is 0 Å². The van der Waals surface area contributed by atoms with Crippen molar-refractivity contribution >= 4 is 0 Å². The summed E-state index contributed by atoms with van der Waals surface area (Å²) in [5.41, 5.74) is 1.53. The maximum Gasteiger partial charge on any atom is -0.0323 e. The second-order valence-corrected chi connectivity index (χ2v) is 3.38. The van der Waals surface area contributed by atoms with Crippen LogP contribution in [0, 0.1) is 0 Å². The summed E-state index contributed by atoms with van der Waals surface area (Å²) in [6.07, 6.45) is 12.1. The van der Waals surface area contributed by atoms with E-state index >= 15 is 0 Å². The van der Waals surface area contributed by atoms with E-state index in [4.69, 9.17) is 0 Å². The van der Waals surface area contributed by atoms with Gasteiger partial charge in [0.05, 0.1) is 0 Å². The SMILES string of the molecule is C=CCCCCCCC(C)=CC. The minimum absolute atomic E-state index is 1.18. The minimum atomic E-state index is 1.18. The van der Waals surface area contributed by atoms with Crippen molar-refractivity contribution in [3.05, 3.63) is 24.3 Å². The molecular formula is C12H22. The Hall–Kier alpha value is -0.520. The molecule has 0 heterocycles. The summed E-state index contributed by atoms with van der Waals surface area (Å²) >= 11 is 0. The summed E-state index contributed by atoms with van der Waals surface area (Å²) in [6.45, 7) is 8.04. The lowest BCUT2D eigenvalue weighted by atomic mass is 10.1. The molecule has 0 aromatic rings. The highest BCUT2D eigenvalue weighted by Gasteiger charge is 1.90. The maximum absolute atomic E-state index is 3.71. The van der Waals surface area contributed by atoms with Crippen LogP contribution < -0.4 is 0 Å². The molecule has 12 heavy (non-hydrogen) atoms. The summed E-state index contributed by atoms with van der Waals surface area (Å²) in [5.74, 6) is 0. The van der Waals surface area contributed by atoms with Gasteiger partial charge in [0.15, 0.2) is 0 Å². The van der Waals surface area contributed by atoms with Crippen molar-refractivity contribution in [2.24, 2.45) is 0 Å². The van der Waals surface area contributed by atoms with Gasteiger partial charge in [-0.2, -0.15) is 0 Å². The van der Waals surface area contributed by atoms with Crippen LogP contribution in [0.2, 0.25) is 0 Å². The van der Waals surface area contributed by atoms with E-state index in [1.807, 2.05) is 6.08 Å². The number of allylic oxidation sites excluding steroid dienone is 3. The molecule has 0 aromatic heterocycles. The lowest BCUT2D eigenvalue weighted by Crippen LogP contribution is -1.80. The first-order valence-electron chi connectivity index (χ1n) is 5.04. The van der Waals surface area contributed by atoms with Gasteiger partial charge >= 0.3 is 0 Å². The van der Waals surface area contributed by atoms with Crippen molar-refractivity contribution in [2.45, 2.75) is 52.4 Å². The zero-order chi connectivity index (χ0) is 9.23. The molecule has 0 aliphatic heterocycles. The van der Waals surface area contributed by atoms with E-state index < -0.39 is 0 Å². The molecule has 0 fully saturated rings. The van der Waals surface area contributed by atoms with Crippen molar-refractivity contribution in [2.75, 3.05) is 0 Å². The highest BCUT2D eigenvalue weighted by atomic mass is 14.0.